The maximum Gasteiger partial charge on any atom is 0.457 e. The number of hydrogen-bond acceptors (Lipinski definition) is 0. The van der Waals surface area contributed by atoms with E-state index in [9.17, 15) is 13.2 Å². The van der Waals surface area contributed by atoms with Crippen LogP contribution >= 0.6 is 0 Å². The van der Waals surface area contributed by atoms with Crippen LogP contribution in [0, 0.1) is 18.8 Å². The highest BCUT2D eigenvalue weighted by Gasteiger charge is 2.22. The van der Waals surface area contributed by atoms with Crippen LogP contribution in [0.4, 0.5) is 13.2 Å². The van der Waals surface area contributed by atoms with Gasteiger partial charge in [0.1, 0.15) is 0 Å². The first-order chi connectivity index (χ1) is 4.06. The van der Waals surface area contributed by atoms with Gasteiger partial charge in [-0.05, 0) is 6.42 Å². The molecule has 0 saturated heterocycles. The maximum atomic E-state index is 11.2. The van der Waals surface area contributed by atoms with E-state index in [1.807, 2.05) is 5.92 Å². The van der Waals surface area contributed by atoms with Gasteiger partial charge in [-0.1, -0.05) is 12.8 Å². The Bertz CT molecular complexity index is 123. The van der Waals surface area contributed by atoms with E-state index in [0.717, 1.165) is 5.92 Å². The molecule has 1 radical (unpaired) electrons. The van der Waals surface area contributed by atoms with Crippen LogP contribution in [0.25, 0.3) is 0 Å². The van der Waals surface area contributed by atoms with Gasteiger partial charge in [0.15, 0.2) is 0 Å². The molecule has 0 heterocycles. The average Bonchev–Trinajstić information content (AvgIpc) is 1.63. The minimum atomic E-state index is -4.34. The monoisotopic (exact) mass is 135 g/mol. The van der Waals surface area contributed by atoms with Crippen molar-refractivity contribution in [1.82, 2.24) is 0 Å². The Morgan fingerprint density at radius 3 is 2.22 bits per heavy atom. The summed E-state index contributed by atoms with van der Waals surface area (Å²) in [5, 5.41) is 0. The van der Waals surface area contributed by atoms with Gasteiger partial charge < -0.3 is 0 Å². The summed E-state index contributed by atoms with van der Waals surface area (Å²) in [4.78, 5) is 0. The lowest BCUT2D eigenvalue weighted by molar-refractivity contribution is -0.0697. The van der Waals surface area contributed by atoms with E-state index < -0.39 is 6.18 Å². The van der Waals surface area contributed by atoms with Gasteiger partial charge in [-0.15, -0.1) is 0 Å². The molecule has 0 fully saturated rings. The molecule has 0 unspecified atom stereocenters. The lowest BCUT2D eigenvalue weighted by Gasteiger charge is -1.90. The first kappa shape index (κ1) is 8.35. The minimum absolute atomic E-state index is 0.208. The summed E-state index contributed by atoms with van der Waals surface area (Å²) in [5.41, 5.74) is 0. The molecule has 0 aromatic heterocycles. The van der Waals surface area contributed by atoms with E-state index in [4.69, 9.17) is 0 Å². The highest BCUT2D eigenvalue weighted by Crippen LogP contribution is 2.11. The highest BCUT2D eigenvalue weighted by atomic mass is 19.4. The van der Waals surface area contributed by atoms with E-state index in [0.29, 0.717) is 6.42 Å². The van der Waals surface area contributed by atoms with Crippen LogP contribution in [0.2, 0.25) is 0 Å². The van der Waals surface area contributed by atoms with Crippen molar-refractivity contribution in [2.75, 3.05) is 0 Å². The Balaban J connectivity index is 3.59. The maximum absolute atomic E-state index is 11.2. The van der Waals surface area contributed by atoms with Crippen molar-refractivity contribution < 1.29 is 13.2 Å². The van der Waals surface area contributed by atoms with Crippen LogP contribution < -0.4 is 0 Å². The van der Waals surface area contributed by atoms with Crippen LogP contribution in [0.1, 0.15) is 12.8 Å². The Morgan fingerprint density at radius 2 is 1.89 bits per heavy atom. The number of halogens is 3. The molecule has 0 nitrogen and oxygen atoms in total. The molecule has 3 heteroatoms. The summed E-state index contributed by atoms with van der Waals surface area (Å²) in [7, 11) is 0. The summed E-state index contributed by atoms with van der Waals surface area (Å²) < 4.78 is 33.6. The second-order valence-electron chi connectivity index (χ2n) is 1.40. The number of unbranched alkanes of at least 4 members (excludes halogenated alkanes) is 1. The van der Waals surface area contributed by atoms with E-state index >= 15 is 0 Å². The van der Waals surface area contributed by atoms with E-state index in [-0.39, 0.29) is 6.42 Å². The van der Waals surface area contributed by atoms with Crippen molar-refractivity contribution in [3.63, 3.8) is 0 Å². The average molecular weight is 135 g/mol. The van der Waals surface area contributed by atoms with Gasteiger partial charge in [0.25, 0.3) is 0 Å². The van der Waals surface area contributed by atoms with E-state index in [1.165, 1.54) is 0 Å². The molecule has 0 aromatic rings. The van der Waals surface area contributed by atoms with Gasteiger partial charge in [0.05, 0.1) is 0 Å². The third kappa shape index (κ3) is 7.35. The summed E-state index contributed by atoms with van der Waals surface area (Å²) in [6, 6.07) is 0. The quantitative estimate of drug-likeness (QED) is 0.483. The molecule has 0 aliphatic heterocycles. The van der Waals surface area contributed by atoms with Gasteiger partial charge >= 0.3 is 6.18 Å². The largest absolute Gasteiger partial charge is 0.457 e. The molecule has 0 saturated carbocycles. The molecule has 0 aliphatic rings. The second-order valence-corrected chi connectivity index (χ2v) is 1.40. The zero-order valence-electron chi connectivity index (χ0n) is 4.76. The third-order valence-electron chi connectivity index (χ3n) is 0.532. The lowest BCUT2D eigenvalue weighted by atomic mass is 10.3. The Morgan fingerprint density at radius 1 is 1.33 bits per heavy atom. The van der Waals surface area contributed by atoms with Crippen LogP contribution in [0.5, 0.6) is 0 Å². The van der Waals surface area contributed by atoms with Crippen molar-refractivity contribution in [1.29, 1.82) is 0 Å². The SMILES string of the molecule is [CH2]CCC#CC(F)(F)F. The molecule has 0 bridgehead atoms. The fourth-order valence-corrected chi connectivity index (χ4v) is 0.251. The Hall–Kier alpha value is -0.650. The van der Waals surface area contributed by atoms with Gasteiger partial charge in [-0.3, -0.25) is 0 Å². The topological polar surface area (TPSA) is 0 Å². The number of alkyl halides is 3. The third-order valence-corrected chi connectivity index (χ3v) is 0.532. The van der Waals surface area contributed by atoms with Crippen molar-refractivity contribution in [2.24, 2.45) is 0 Å². The molecule has 9 heavy (non-hydrogen) atoms. The summed E-state index contributed by atoms with van der Waals surface area (Å²) in [6.07, 6.45) is -3.71. The zero-order valence-corrected chi connectivity index (χ0v) is 4.76. The van der Waals surface area contributed by atoms with Crippen LogP contribution in [-0.4, -0.2) is 6.18 Å². The molecule has 51 valence electrons. The summed E-state index contributed by atoms with van der Waals surface area (Å²) in [5.74, 6) is 3.07. The lowest BCUT2D eigenvalue weighted by Crippen LogP contribution is -2.01. The first-order valence-corrected chi connectivity index (χ1v) is 2.42. The zero-order chi connectivity index (χ0) is 7.33. The predicted octanol–water partition coefficient (Wildman–Crippen LogP) is 2.17. The standard InChI is InChI=1S/C6H6F3/c1-2-3-4-5-6(7,8)9/h1-3H2. The Kier molecular flexibility index (Phi) is 3.15. The smallest absolute Gasteiger partial charge is 0.159 e. The Labute approximate surface area is 52.1 Å². The van der Waals surface area contributed by atoms with Crippen LogP contribution in [0.3, 0.4) is 0 Å². The molecule has 0 aliphatic carbocycles. The molecule has 0 aromatic carbocycles. The van der Waals surface area contributed by atoms with Crippen molar-refractivity contribution in [3.05, 3.63) is 6.92 Å². The molecule has 0 atom stereocenters. The highest BCUT2D eigenvalue weighted by molar-refractivity contribution is 5.04. The van der Waals surface area contributed by atoms with Gasteiger partial charge in [0, 0.05) is 12.3 Å². The molecule has 0 amide bonds. The predicted molar refractivity (Wildman–Crippen MR) is 28.4 cm³/mol. The minimum Gasteiger partial charge on any atom is -0.159 e. The van der Waals surface area contributed by atoms with Gasteiger partial charge in [-0.25, -0.2) is 0 Å². The fourth-order valence-electron chi connectivity index (χ4n) is 0.251. The van der Waals surface area contributed by atoms with E-state index in [1.54, 1.807) is 0 Å². The molecule has 0 N–H and O–H groups in total. The fraction of sp³-hybridized carbons (Fsp3) is 0.500. The second kappa shape index (κ2) is 3.39. The van der Waals surface area contributed by atoms with Crippen LogP contribution in [0.15, 0.2) is 0 Å². The summed E-state index contributed by atoms with van der Waals surface area (Å²) >= 11 is 0. The van der Waals surface area contributed by atoms with Crippen molar-refractivity contribution in [3.8, 4) is 11.8 Å². The first-order valence-electron chi connectivity index (χ1n) is 2.42. The normalized spacial score (nSPS) is 10.2. The molecule has 0 rings (SSSR count). The number of hydrogen-bond donors (Lipinski definition) is 0. The van der Waals surface area contributed by atoms with Gasteiger partial charge in [-0.2, -0.15) is 13.2 Å². The number of rotatable bonds is 1. The van der Waals surface area contributed by atoms with Crippen molar-refractivity contribution >= 4 is 0 Å². The van der Waals surface area contributed by atoms with E-state index in [2.05, 4.69) is 6.92 Å². The molecular weight excluding hydrogens is 129 g/mol. The summed E-state index contributed by atoms with van der Waals surface area (Å²) in [6.45, 7) is 3.34. The van der Waals surface area contributed by atoms with Crippen LogP contribution in [-0.2, 0) is 0 Å². The van der Waals surface area contributed by atoms with Crippen molar-refractivity contribution in [2.45, 2.75) is 19.0 Å². The van der Waals surface area contributed by atoms with Gasteiger partial charge in [0.2, 0.25) is 0 Å². The molecule has 0 spiro atoms. The molecular formula is C6H6F3.